The van der Waals surface area contributed by atoms with Gasteiger partial charge in [0.05, 0.1) is 24.5 Å². The molecule has 4 nitrogen and oxygen atoms in total. The first-order valence-electron chi connectivity index (χ1n) is 8.16. The predicted octanol–water partition coefficient (Wildman–Crippen LogP) is 3.43. The highest BCUT2D eigenvalue weighted by atomic mass is 16.6. The van der Waals surface area contributed by atoms with Crippen LogP contribution in [0.25, 0.3) is 0 Å². The molecule has 0 radical (unpaired) electrons. The van der Waals surface area contributed by atoms with E-state index in [9.17, 15) is 0 Å². The molecule has 1 atom stereocenters. The highest BCUT2D eigenvalue weighted by molar-refractivity contribution is 4.83. The average molecular weight is 303 g/mol. The molecule has 0 aliphatic rings. The molecule has 21 heavy (non-hydrogen) atoms. The molecule has 1 unspecified atom stereocenters. The van der Waals surface area contributed by atoms with Gasteiger partial charge in [0.2, 0.25) is 0 Å². The van der Waals surface area contributed by atoms with E-state index in [1.54, 1.807) is 0 Å². The largest absolute Gasteiger partial charge is 0.373 e. The summed E-state index contributed by atoms with van der Waals surface area (Å²) in [6, 6.07) is 0. The van der Waals surface area contributed by atoms with E-state index < -0.39 is 0 Å². The smallest absolute Gasteiger partial charge is 0.0948 e. The summed E-state index contributed by atoms with van der Waals surface area (Å²) < 4.78 is 11.9. The Morgan fingerprint density at radius 3 is 1.90 bits per heavy atom. The maximum Gasteiger partial charge on any atom is 0.0948 e. The predicted molar refractivity (Wildman–Crippen MR) is 90.1 cm³/mol. The van der Waals surface area contributed by atoms with Gasteiger partial charge in [-0.25, -0.2) is 0 Å². The first-order valence-corrected chi connectivity index (χ1v) is 8.16. The highest BCUT2D eigenvalue weighted by Gasteiger charge is 2.30. The summed E-state index contributed by atoms with van der Waals surface area (Å²) >= 11 is 0. The Kier molecular flexibility index (Phi) is 8.40. The van der Waals surface area contributed by atoms with Crippen molar-refractivity contribution in [3.05, 3.63) is 0 Å². The number of hydrogen-bond acceptors (Lipinski definition) is 4. The topological polar surface area (TPSA) is 70.5 Å². The molecule has 0 aromatic carbocycles. The van der Waals surface area contributed by atoms with Crippen molar-refractivity contribution in [3.8, 4) is 0 Å². The zero-order valence-electron chi connectivity index (χ0n) is 15.3. The van der Waals surface area contributed by atoms with Gasteiger partial charge in [0, 0.05) is 5.54 Å². The Labute approximate surface area is 131 Å². The summed E-state index contributed by atoms with van der Waals surface area (Å²) in [6.45, 7) is 15.6. The van der Waals surface area contributed by atoms with Crippen LogP contribution in [0.15, 0.2) is 0 Å². The monoisotopic (exact) mass is 302 g/mol. The Morgan fingerprint density at radius 2 is 1.48 bits per heavy atom. The second-order valence-electron chi connectivity index (χ2n) is 8.23. The standard InChI is InChI=1S/C17H38N2O2/c1-14(2)8-9-16(5,6)20-12-17(7,21-13-18)11-10-15(3,4)19/h14H,8-13,18-19H2,1-7H3. The molecular formula is C17H38N2O2. The molecule has 0 aliphatic carbocycles. The van der Waals surface area contributed by atoms with E-state index >= 15 is 0 Å². The van der Waals surface area contributed by atoms with E-state index in [1.165, 1.54) is 0 Å². The summed E-state index contributed by atoms with van der Waals surface area (Å²) in [4.78, 5) is 0. The molecule has 0 heterocycles. The van der Waals surface area contributed by atoms with Gasteiger partial charge in [-0.1, -0.05) is 13.8 Å². The summed E-state index contributed by atoms with van der Waals surface area (Å²) in [5.74, 6) is 0.692. The highest BCUT2D eigenvalue weighted by Crippen LogP contribution is 2.26. The lowest BCUT2D eigenvalue weighted by molar-refractivity contribution is -0.134. The molecule has 0 amide bonds. The first-order chi connectivity index (χ1) is 9.39. The molecule has 0 fully saturated rings. The fourth-order valence-corrected chi connectivity index (χ4v) is 2.03. The maximum absolute atomic E-state index is 6.14. The van der Waals surface area contributed by atoms with Gasteiger partial charge in [-0.2, -0.15) is 0 Å². The summed E-state index contributed by atoms with van der Waals surface area (Å²) in [7, 11) is 0. The van der Waals surface area contributed by atoms with Crippen molar-refractivity contribution in [2.75, 3.05) is 13.3 Å². The SMILES string of the molecule is CC(C)CCC(C)(C)OCC(C)(CCC(C)(C)N)OCN. The Bertz CT molecular complexity index is 285. The summed E-state index contributed by atoms with van der Waals surface area (Å²) in [5.41, 5.74) is 10.9. The van der Waals surface area contributed by atoms with E-state index in [0.717, 1.165) is 25.7 Å². The van der Waals surface area contributed by atoms with Gasteiger partial charge in [-0.3, -0.25) is 0 Å². The second-order valence-corrected chi connectivity index (χ2v) is 8.23. The lowest BCUT2D eigenvalue weighted by atomic mass is 9.91. The van der Waals surface area contributed by atoms with Crippen LogP contribution in [-0.2, 0) is 9.47 Å². The van der Waals surface area contributed by atoms with Gasteiger partial charge in [-0.05, 0) is 66.2 Å². The third-order valence-electron chi connectivity index (χ3n) is 3.82. The molecule has 0 spiro atoms. The van der Waals surface area contributed by atoms with Crippen LogP contribution >= 0.6 is 0 Å². The zero-order chi connectivity index (χ0) is 16.7. The number of nitrogens with two attached hydrogens (primary N) is 2. The van der Waals surface area contributed by atoms with Gasteiger partial charge in [-0.15, -0.1) is 0 Å². The van der Waals surface area contributed by atoms with Gasteiger partial charge < -0.3 is 20.9 Å². The van der Waals surface area contributed by atoms with E-state index in [0.29, 0.717) is 12.5 Å². The van der Waals surface area contributed by atoms with Crippen molar-refractivity contribution in [1.29, 1.82) is 0 Å². The molecule has 128 valence electrons. The third kappa shape index (κ3) is 11.1. The Hall–Kier alpha value is -0.160. The van der Waals surface area contributed by atoms with Gasteiger partial charge in [0.1, 0.15) is 0 Å². The molecule has 0 aromatic rings. The van der Waals surface area contributed by atoms with Crippen LogP contribution in [0.2, 0.25) is 0 Å². The number of hydrogen-bond donors (Lipinski definition) is 2. The van der Waals surface area contributed by atoms with Crippen LogP contribution in [0, 0.1) is 5.92 Å². The van der Waals surface area contributed by atoms with Crippen molar-refractivity contribution in [3.63, 3.8) is 0 Å². The molecule has 4 heteroatoms. The van der Waals surface area contributed by atoms with Gasteiger partial charge >= 0.3 is 0 Å². The number of ether oxygens (including phenoxy) is 2. The van der Waals surface area contributed by atoms with Crippen molar-refractivity contribution < 1.29 is 9.47 Å². The minimum absolute atomic E-state index is 0.137. The fourth-order valence-electron chi connectivity index (χ4n) is 2.03. The maximum atomic E-state index is 6.14. The van der Waals surface area contributed by atoms with E-state index in [-0.39, 0.29) is 23.5 Å². The molecule has 0 rings (SSSR count). The third-order valence-corrected chi connectivity index (χ3v) is 3.82. The lowest BCUT2D eigenvalue weighted by Gasteiger charge is -2.36. The average Bonchev–Trinajstić information content (AvgIpc) is 2.32. The van der Waals surface area contributed by atoms with Crippen molar-refractivity contribution in [1.82, 2.24) is 0 Å². The summed E-state index contributed by atoms with van der Waals surface area (Å²) in [6.07, 6.45) is 3.93. The zero-order valence-corrected chi connectivity index (χ0v) is 15.3. The Balaban J connectivity index is 4.47. The minimum Gasteiger partial charge on any atom is -0.373 e. The fraction of sp³-hybridized carbons (Fsp3) is 1.00. The molecular weight excluding hydrogens is 264 g/mol. The first kappa shape index (κ1) is 20.8. The van der Waals surface area contributed by atoms with E-state index in [2.05, 4.69) is 34.6 Å². The number of rotatable bonds is 11. The van der Waals surface area contributed by atoms with E-state index in [1.807, 2.05) is 13.8 Å². The van der Waals surface area contributed by atoms with Crippen LogP contribution in [-0.4, -0.2) is 30.1 Å². The summed E-state index contributed by atoms with van der Waals surface area (Å²) in [5, 5.41) is 0. The van der Waals surface area contributed by atoms with Crippen LogP contribution < -0.4 is 11.5 Å². The van der Waals surface area contributed by atoms with Gasteiger partial charge in [0.25, 0.3) is 0 Å². The molecule has 0 aliphatic heterocycles. The van der Waals surface area contributed by atoms with Crippen LogP contribution in [0.5, 0.6) is 0 Å². The van der Waals surface area contributed by atoms with Crippen LogP contribution in [0.3, 0.4) is 0 Å². The molecule has 0 saturated carbocycles. The van der Waals surface area contributed by atoms with Crippen molar-refractivity contribution in [2.24, 2.45) is 17.4 Å². The Morgan fingerprint density at radius 1 is 0.905 bits per heavy atom. The molecule has 4 N–H and O–H groups in total. The van der Waals surface area contributed by atoms with Crippen molar-refractivity contribution >= 4 is 0 Å². The molecule has 0 saturated heterocycles. The van der Waals surface area contributed by atoms with E-state index in [4.69, 9.17) is 20.9 Å². The van der Waals surface area contributed by atoms with Crippen LogP contribution in [0.1, 0.15) is 74.1 Å². The molecule has 0 bridgehead atoms. The minimum atomic E-state index is -0.375. The quantitative estimate of drug-likeness (QED) is 0.574. The van der Waals surface area contributed by atoms with Crippen molar-refractivity contribution in [2.45, 2.75) is 90.9 Å². The lowest BCUT2D eigenvalue weighted by Crippen LogP contribution is -2.43. The van der Waals surface area contributed by atoms with Gasteiger partial charge in [0.15, 0.2) is 0 Å². The second kappa shape index (κ2) is 8.47. The molecule has 0 aromatic heterocycles. The van der Waals surface area contributed by atoms with Crippen LogP contribution in [0.4, 0.5) is 0 Å². The normalized spacial score (nSPS) is 16.3.